The van der Waals surface area contributed by atoms with Gasteiger partial charge in [-0.25, -0.2) is 0 Å². The first-order valence-electron chi connectivity index (χ1n) is 8.96. The molecule has 1 saturated carbocycles. The van der Waals surface area contributed by atoms with Crippen LogP contribution in [0.4, 0.5) is 0 Å². The molecule has 0 spiro atoms. The van der Waals surface area contributed by atoms with Gasteiger partial charge in [0, 0.05) is 25.1 Å². The maximum atomic E-state index is 12.2. The molecular weight excluding hydrogens is 336 g/mol. The summed E-state index contributed by atoms with van der Waals surface area (Å²) in [6.45, 7) is 1.72. The summed E-state index contributed by atoms with van der Waals surface area (Å²) >= 11 is 1.41. The predicted molar refractivity (Wildman–Crippen MR) is 101 cm³/mol. The Balaban J connectivity index is 1.79. The van der Waals surface area contributed by atoms with Crippen molar-refractivity contribution in [1.29, 1.82) is 0 Å². The molecule has 1 aromatic carbocycles. The molecule has 138 valence electrons. The third-order valence-electron chi connectivity index (χ3n) is 4.39. The second-order valence-electron chi connectivity index (χ2n) is 6.34. The van der Waals surface area contributed by atoms with Crippen LogP contribution in [-0.2, 0) is 9.53 Å². The van der Waals surface area contributed by atoms with Gasteiger partial charge in [0.15, 0.2) is 0 Å². The predicted octanol–water partition coefficient (Wildman–Crippen LogP) is 2.85. The molecule has 1 aliphatic rings. The monoisotopic (exact) mass is 364 g/mol. The van der Waals surface area contributed by atoms with E-state index in [1.807, 2.05) is 18.2 Å². The van der Waals surface area contributed by atoms with E-state index in [9.17, 15) is 9.59 Å². The van der Waals surface area contributed by atoms with Crippen LogP contribution < -0.4 is 10.6 Å². The number of thioether (sulfide) groups is 1. The molecule has 25 heavy (non-hydrogen) atoms. The summed E-state index contributed by atoms with van der Waals surface area (Å²) in [5.41, 5.74) is 0.601. The molecule has 0 heterocycles. The first-order chi connectivity index (χ1) is 12.2. The van der Waals surface area contributed by atoms with Gasteiger partial charge in [0.1, 0.15) is 0 Å². The van der Waals surface area contributed by atoms with Crippen LogP contribution in [0.3, 0.4) is 0 Å². The van der Waals surface area contributed by atoms with Crippen molar-refractivity contribution in [2.75, 3.05) is 32.6 Å². The number of benzene rings is 1. The number of hydrogen-bond donors (Lipinski definition) is 2. The second-order valence-corrected chi connectivity index (χ2v) is 7.36. The van der Waals surface area contributed by atoms with Crippen LogP contribution in [0.1, 0.15) is 42.5 Å². The van der Waals surface area contributed by atoms with Gasteiger partial charge in [0.2, 0.25) is 5.91 Å². The Hall–Kier alpha value is -1.53. The van der Waals surface area contributed by atoms with Gasteiger partial charge in [-0.1, -0.05) is 31.4 Å². The third kappa shape index (κ3) is 7.08. The molecular formula is C19H28N2O3S. The van der Waals surface area contributed by atoms with Crippen LogP contribution in [0, 0.1) is 5.92 Å². The van der Waals surface area contributed by atoms with E-state index in [4.69, 9.17) is 4.74 Å². The summed E-state index contributed by atoms with van der Waals surface area (Å²) in [5.74, 6) is 0.851. The third-order valence-corrected chi connectivity index (χ3v) is 5.47. The topological polar surface area (TPSA) is 67.4 Å². The molecule has 0 bridgehead atoms. The van der Waals surface area contributed by atoms with E-state index >= 15 is 0 Å². The van der Waals surface area contributed by atoms with Gasteiger partial charge in [-0.15, -0.1) is 11.8 Å². The van der Waals surface area contributed by atoms with Crippen molar-refractivity contribution in [2.45, 2.75) is 37.0 Å². The molecule has 1 aromatic rings. The van der Waals surface area contributed by atoms with Crippen LogP contribution in [0.25, 0.3) is 0 Å². The number of amides is 2. The van der Waals surface area contributed by atoms with Gasteiger partial charge in [0.25, 0.3) is 5.91 Å². The molecule has 0 radical (unpaired) electrons. The second kappa shape index (κ2) is 11.2. The number of methoxy groups -OCH3 is 1. The first kappa shape index (κ1) is 19.8. The minimum atomic E-state index is -0.136. The fourth-order valence-electron chi connectivity index (χ4n) is 2.99. The zero-order valence-corrected chi connectivity index (χ0v) is 15.7. The number of hydrogen-bond acceptors (Lipinski definition) is 4. The fourth-order valence-corrected chi connectivity index (χ4v) is 3.87. The standard InChI is InChI=1S/C19H28N2O3S/c1-24-12-11-20-19(23)16-9-5-6-10-17(16)25-14-18(22)21-13-15-7-3-2-4-8-15/h5-6,9-10,15H,2-4,7-8,11-14H2,1H3,(H,20,23)(H,21,22). The molecule has 0 atom stereocenters. The van der Waals surface area contributed by atoms with Gasteiger partial charge >= 0.3 is 0 Å². The molecule has 2 amide bonds. The molecule has 0 saturated heterocycles. The molecule has 0 unspecified atom stereocenters. The zero-order valence-electron chi connectivity index (χ0n) is 14.9. The molecule has 1 fully saturated rings. The summed E-state index contributed by atoms with van der Waals surface area (Å²) in [6, 6.07) is 7.38. The van der Waals surface area contributed by atoms with E-state index in [0.29, 0.717) is 30.4 Å². The number of ether oxygens (including phenoxy) is 1. The van der Waals surface area contributed by atoms with Crippen molar-refractivity contribution >= 4 is 23.6 Å². The Kier molecular flexibility index (Phi) is 8.83. The highest BCUT2D eigenvalue weighted by molar-refractivity contribution is 8.00. The summed E-state index contributed by atoms with van der Waals surface area (Å²) in [4.78, 5) is 25.2. The zero-order chi connectivity index (χ0) is 17.9. The number of carbonyl (C=O) groups is 2. The smallest absolute Gasteiger partial charge is 0.252 e. The number of carbonyl (C=O) groups excluding carboxylic acids is 2. The normalized spacial score (nSPS) is 14.9. The molecule has 6 heteroatoms. The Bertz CT molecular complexity index is 559. The lowest BCUT2D eigenvalue weighted by Crippen LogP contribution is -2.31. The molecule has 5 nitrogen and oxygen atoms in total. The highest BCUT2D eigenvalue weighted by Crippen LogP contribution is 2.24. The molecule has 2 N–H and O–H groups in total. The SMILES string of the molecule is COCCNC(=O)c1ccccc1SCC(=O)NCC1CCCCC1. The summed E-state index contributed by atoms with van der Waals surface area (Å²) in [7, 11) is 1.60. The van der Waals surface area contributed by atoms with E-state index in [-0.39, 0.29) is 11.8 Å². The Labute approximate surface area is 154 Å². The maximum absolute atomic E-state index is 12.2. The van der Waals surface area contributed by atoms with Crippen molar-refractivity contribution in [3.63, 3.8) is 0 Å². The van der Waals surface area contributed by atoms with Crippen LogP contribution in [0.15, 0.2) is 29.2 Å². The van der Waals surface area contributed by atoms with Gasteiger partial charge in [-0.05, 0) is 30.9 Å². The molecule has 0 aliphatic heterocycles. The lowest BCUT2D eigenvalue weighted by atomic mass is 9.89. The summed E-state index contributed by atoms with van der Waals surface area (Å²) in [5, 5.41) is 5.85. The van der Waals surface area contributed by atoms with Crippen LogP contribution >= 0.6 is 11.8 Å². The number of nitrogens with one attached hydrogen (secondary N) is 2. The quantitative estimate of drug-likeness (QED) is 0.522. The van der Waals surface area contributed by atoms with Crippen molar-refractivity contribution in [2.24, 2.45) is 5.92 Å². The first-order valence-corrected chi connectivity index (χ1v) is 9.95. The van der Waals surface area contributed by atoms with E-state index < -0.39 is 0 Å². The van der Waals surface area contributed by atoms with E-state index in [1.54, 1.807) is 13.2 Å². The van der Waals surface area contributed by atoms with Crippen LogP contribution in [-0.4, -0.2) is 44.4 Å². The lowest BCUT2D eigenvalue weighted by molar-refractivity contribution is -0.118. The number of rotatable bonds is 9. The highest BCUT2D eigenvalue weighted by atomic mass is 32.2. The average molecular weight is 365 g/mol. The van der Waals surface area contributed by atoms with E-state index in [2.05, 4.69) is 10.6 Å². The lowest BCUT2D eigenvalue weighted by Gasteiger charge is -2.21. The Morgan fingerprint density at radius 1 is 1.16 bits per heavy atom. The highest BCUT2D eigenvalue weighted by Gasteiger charge is 2.15. The fraction of sp³-hybridized carbons (Fsp3) is 0.579. The molecule has 2 rings (SSSR count). The van der Waals surface area contributed by atoms with E-state index in [1.165, 1.54) is 43.9 Å². The van der Waals surface area contributed by atoms with Crippen molar-refractivity contribution in [1.82, 2.24) is 10.6 Å². The van der Waals surface area contributed by atoms with Gasteiger partial charge in [0.05, 0.1) is 17.9 Å². The average Bonchev–Trinajstić information content (AvgIpc) is 2.66. The van der Waals surface area contributed by atoms with Crippen LogP contribution in [0.2, 0.25) is 0 Å². The largest absolute Gasteiger partial charge is 0.383 e. The minimum Gasteiger partial charge on any atom is -0.383 e. The van der Waals surface area contributed by atoms with Crippen molar-refractivity contribution in [3.05, 3.63) is 29.8 Å². The summed E-state index contributed by atoms with van der Waals surface area (Å²) in [6.07, 6.45) is 6.32. The maximum Gasteiger partial charge on any atom is 0.252 e. The summed E-state index contributed by atoms with van der Waals surface area (Å²) < 4.78 is 4.94. The van der Waals surface area contributed by atoms with Crippen molar-refractivity contribution < 1.29 is 14.3 Å². The molecule has 1 aliphatic carbocycles. The van der Waals surface area contributed by atoms with Crippen molar-refractivity contribution in [3.8, 4) is 0 Å². The Morgan fingerprint density at radius 3 is 2.68 bits per heavy atom. The van der Waals surface area contributed by atoms with Crippen LogP contribution in [0.5, 0.6) is 0 Å². The van der Waals surface area contributed by atoms with Gasteiger partial charge < -0.3 is 15.4 Å². The van der Waals surface area contributed by atoms with Gasteiger partial charge in [-0.2, -0.15) is 0 Å². The minimum absolute atomic E-state index is 0.0326. The van der Waals surface area contributed by atoms with Gasteiger partial charge in [-0.3, -0.25) is 9.59 Å². The van der Waals surface area contributed by atoms with E-state index in [0.717, 1.165) is 11.4 Å². The Morgan fingerprint density at radius 2 is 1.92 bits per heavy atom. The molecule has 0 aromatic heterocycles.